The van der Waals surface area contributed by atoms with Crippen LogP contribution in [0.25, 0.3) is 22.2 Å². The van der Waals surface area contributed by atoms with Gasteiger partial charge in [0.2, 0.25) is 11.8 Å². The minimum absolute atomic E-state index is 0.0237. The van der Waals surface area contributed by atoms with E-state index in [1.165, 1.54) is 12.8 Å². The van der Waals surface area contributed by atoms with Crippen molar-refractivity contribution in [2.45, 2.75) is 51.0 Å². The molecule has 6 heteroatoms. The van der Waals surface area contributed by atoms with E-state index in [4.69, 9.17) is 4.74 Å². The zero-order valence-corrected chi connectivity index (χ0v) is 18.6. The maximum absolute atomic E-state index is 12.5. The van der Waals surface area contributed by atoms with Crippen LogP contribution >= 0.6 is 0 Å². The number of nitrogens with one attached hydrogen (secondary N) is 3. The van der Waals surface area contributed by atoms with Gasteiger partial charge in [-0.05, 0) is 60.7 Å². The van der Waals surface area contributed by atoms with Crippen LogP contribution in [0.15, 0.2) is 48.5 Å². The Hall–Kier alpha value is -3.28. The molecule has 0 aliphatic heterocycles. The smallest absolute Gasteiger partial charge is 0.221 e. The van der Waals surface area contributed by atoms with Crippen LogP contribution in [-0.4, -0.2) is 36.5 Å². The zero-order chi connectivity index (χ0) is 22.3. The number of aryl methyl sites for hydroxylation is 1. The molecule has 168 valence electrons. The summed E-state index contributed by atoms with van der Waals surface area (Å²) in [6.45, 7) is 0.372. The topological polar surface area (TPSA) is 83.2 Å². The fourth-order valence-electron chi connectivity index (χ4n) is 4.48. The maximum Gasteiger partial charge on any atom is 0.221 e. The molecule has 1 saturated carbocycles. The summed E-state index contributed by atoms with van der Waals surface area (Å²) in [5.41, 5.74) is 4.26. The van der Waals surface area contributed by atoms with E-state index in [9.17, 15) is 9.59 Å². The second-order valence-corrected chi connectivity index (χ2v) is 8.40. The van der Waals surface area contributed by atoms with Crippen LogP contribution in [0.1, 0.15) is 44.1 Å². The molecule has 1 aliphatic rings. The number of para-hydroxylation sites is 1. The van der Waals surface area contributed by atoms with Gasteiger partial charge >= 0.3 is 0 Å². The molecule has 2 amide bonds. The van der Waals surface area contributed by atoms with E-state index < -0.39 is 0 Å². The number of H-pyrrole nitrogens is 1. The number of fused-ring (bicyclic) bond motifs is 1. The van der Waals surface area contributed by atoms with Gasteiger partial charge in [-0.1, -0.05) is 31.0 Å². The van der Waals surface area contributed by atoms with Crippen LogP contribution in [0.4, 0.5) is 0 Å². The molecule has 1 fully saturated rings. The summed E-state index contributed by atoms with van der Waals surface area (Å²) in [5, 5.41) is 7.08. The summed E-state index contributed by atoms with van der Waals surface area (Å²) >= 11 is 0. The molecule has 1 heterocycles. The van der Waals surface area contributed by atoms with E-state index in [2.05, 4.69) is 27.8 Å². The van der Waals surface area contributed by atoms with Crippen LogP contribution in [0.3, 0.4) is 0 Å². The molecule has 0 unspecified atom stereocenters. The molecule has 0 radical (unpaired) electrons. The van der Waals surface area contributed by atoms with Crippen LogP contribution < -0.4 is 15.4 Å². The highest BCUT2D eigenvalue weighted by Gasteiger charge is 2.17. The van der Waals surface area contributed by atoms with Crippen LogP contribution in [0.2, 0.25) is 0 Å². The van der Waals surface area contributed by atoms with Crippen molar-refractivity contribution in [3.05, 3.63) is 54.1 Å². The van der Waals surface area contributed by atoms with Gasteiger partial charge in [-0.3, -0.25) is 9.59 Å². The van der Waals surface area contributed by atoms with Crippen molar-refractivity contribution < 1.29 is 14.3 Å². The average Bonchev–Trinajstić information content (AvgIpc) is 3.45. The van der Waals surface area contributed by atoms with E-state index in [1.54, 1.807) is 7.11 Å². The van der Waals surface area contributed by atoms with Crippen molar-refractivity contribution >= 4 is 22.7 Å². The number of aromatic amines is 1. The first kappa shape index (κ1) is 21.9. The van der Waals surface area contributed by atoms with E-state index in [0.29, 0.717) is 31.8 Å². The second-order valence-electron chi connectivity index (χ2n) is 8.40. The summed E-state index contributed by atoms with van der Waals surface area (Å²) in [7, 11) is 1.65. The number of hydrogen-bond donors (Lipinski definition) is 3. The average molecular weight is 434 g/mol. The maximum atomic E-state index is 12.5. The molecule has 0 saturated heterocycles. The predicted octanol–water partition coefficient (Wildman–Crippen LogP) is 4.34. The van der Waals surface area contributed by atoms with E-state index in [-0.39, 0.29) is 11.8 Å². The number of carbonyl (C=O) groups is 2. The zero-order valence-electron chi connectivity index (χ0n) is 18.6. The van der Waals surface area contributed by atoms with Gasteiger partial charge in [0.05, 0.1) is 7.11 Å². The largest absolute Gasteiger partial charge is 0.497 e. The number of ether oxygens (including phenoxy) is 1. The number of rotatable bonds is 9. The van der Waals surface area contributed by atoms with Crippen molar-refractivity contribution in [1.82, 2.24) is 15.6 Å². The Morgan fingerprint density at radius 1 is 1.00 bits per heavy atom. The molecule has 0 bridgehead atoms. The van der Waals surface area contributed by atoms with Gasteiger partial charge in [-0.15, -0.1) is 0 Å². The van der Waals surface area contributed by atoms with E-state index in [1.807, 2.05) is 36.4 Å². The summed E-state index contributed by atoms with van der Waals surface area (Å²) in [6.07, 6.45) is 5.83. The lowest BCUT2D eigenvalue weighted by molar-refractivity contribution is -0.122. The quantitative estimate of drug-likeness (QED) is 0.469. The Labute approximate surface area is 188 Å². The predicted molar refractivity (Wildman–Crippen MR) is 127 cm³/mol. The van der Waals surface area contributed by atoms with Crippen molar-refractivity contribution in [3.8, 4) is 17.0 Å². The van der Waals surface area contributed by atoms with Gasteiger partial charge < -0.3 is 20.4 Å². The van der Waals surface area contributed by atoms with Gasteiger partial charge in [0.25, 0.3) is 0 Å². The molecular weight excluding hydrogens is 402 g/mol. The summed E-state index contributed by atoms with van der Waals surface area (Å²) in [6, 6.07) is 16.4. The van der Waals surface area contributed by atoms with Gasteiger partial charge in [0.15, 0.2) is 0 Å². The van der Waals surface area contributed by atoms with Crippen LogP contribution in [0.5, 0.6) is 5.75 Å². The van der Waals surface area contributed by atoms with E-state index >= 15 is 0 Å². The third kappa shape index (κ3) is 5.31. The monoisotopic (exact) mass is 433 g/mol. The van der Waals surface area contributed by atoms with Gasteiger partial charge in [-0.2, -0.15) is 0 Å². The fourth-order valence-corrected chi connectivity index (χ4v) is 4.48. The molecule has 6 nitrogen and oxygen atoms in total. The summed E-state index contributed by atoms with van der Waals surface area (Å²) in [5.74, 6) is 0.794. The Morgan fingerprint density at radius 2 is 1.75 bits per heavy atom. The Bertz CT molecular complexity index is 1070. The third-order valence-corrected chi connectivity index (χ3v) is 6.19. The highest BCUT2D eigenvalue weighted by atomic mass is 16.5. The minimum Gasteiger partial charge on any atom is -0.497 e. The molecule has 3 N–H and O–H groups in total. The highest BCUT2D eigenvalue weighted by Crippen LogP contribution is 2.32. The van der Waals surface area contributed by atoms with Gasteiger partial charge in [-0.25, -0.2) is 0 Å². The molecule has 32 heavy (non-hydrogen) atoms. The molecule has 3 aromatic rings. The number of carbonyl (C=O) groups excluding carboxylic acids is 2. The first-order valence-electron chi connectivity index (χ1n) is 11.4. The summed E-state index contributed by atoms with van der Waals surface area (Å²) < 4.78 is 5.27. The van der Waals surface area contributed by atoms with Crippen molar-refractivity contribution in [2.24, 2.45) is 0 Å². The number of methoxy groups -OCH3 is 1. The van der Waals surface area contributed by atoms with Crippen LogP contribution in [-0.2, 0) is 16.0 Å². The lowest BCUT2D eigenvalue weighted by atomic mass is 10.0. The number of aromatic nitrogens is 1. The Balaban J connectivity index is 1.36. The normalized spacial score (nSPS) is 13.9. The first-order chi connectivity index (χ1) is 15.6. The lowest BCUT2D eigenvalue weighted by Crippen LogP contribution is -2.35. The summed E-state index contributed by atoms with van der Waals surface area (Å²) in [4.78, 5) is 28.0. The molecule has 1 aliphatic carbocycles. The van der Waals surface area contributed by atoms with Crippen LogP contribution in [0, 0.1) is 0 Å². The Kier molecular flexibility index (Phi) is 7.10. The number of amides is 2. The van der Waals surface area contributed by atoms with E-state index in [0.717, 1.165) is 46.3 Å². The molecule has 2 aromatic carbocycles. The van der Waals surface area contributed by atoms with Gasteiger partial charge in [0.1, 0.15) is 5.75 Å². The molecule has 0 spiro atoms. The van der Waals surface area contributed by atoms with Crippen molar-refractivity contribution in [1.29, 1.82) is 0 Å². The second kappa shape index (κ2) is 10.4. The molecular formula is C26H31N3O3. The Morgan fingerprint density at radius 3 is 2.50 bits per heavy atom. The van der Waals surface area contributed by atoms with Gasteiger partial charge in [0, 0.05) is 42.0 Å². The first-order valence-corrected chi connectivity index (χ1v) is 11.4. The number of hydrogen-bond acceptors (Lipinski definition) is 3. The lowest BCUT2D eigenvalue weighted by Gasteiger charge is -2.12. The SMILES string of the molecule is COc1ccc(-c2[nH]c3ccccc3c2CCC(=O)NCCC(=O)NC2CCCC2)cc1. The standard InChI is InChI=1S/C26H31N3O3/c1-32-20-12-10-18(11-13-20)26-22(21-8-4-5-9-23(21)29-26)14-15-24(30)27-17-16-25(31)28-19-6-2-3-7-19/h4-5,8-13,19,29H,2-3,6-7,14-17H2,1H3,(H,27,30)(H,28,31). The van der Waals surface area contributed by atoms with Crippen molar-refractivity contribution in [3.63, 3.8) is 0 Å². The van der Waals surface area contributed by atoms with Crippen molar-refractivity contribution in [2.75, 3.05) is 13.7 Å². The molecule has 1 aromatic heterocycles. The minimum atomic E-state index is -0.0374. The third-order valence-electron chi connectivity index (χ3n) is 6.19. The fraction of sp³-hybridized carbons (Fsp3) is 0.385. The molecule has 4 rings (SSSR count). The molecule has 0 atom stereocenters. The highest BCUT2D eigenvalue weighted by molar-refractivity contribution is 5.91. The number of benzene rings is 2.